The molecular formula is C14H18N2O2S. The summed E-state index contributed by atoms with van der Waals surface area (Å²) >= 11 is 1.57. The average Bonchev–Trinajstić information content (AvgIpc) is 3.03. The smallest absolute Gasteiger partial charge is 0.252 e. The van der Waals surface area contributed by atoms with E-state index in [0.717, 1.165) is 22.6 Å². The van der Waals surface area contributed by atoms with Crippen LogP contribution in [0, 0.1) is 11.8 Å². The zero-order chi connectivity index (χ0) is 13.7. The summed E-state index contributed by atoms with van der Waals surface area (Å²) < 4.78 is 5.50. The van der Waals surface area contributed by atoms with Crippen LogP contribution < -0.4 is 11.1 Å². The van der Waals surface area contributed by atoms with Crippen molar-refractivity contribution in [3.63, 3.8) is 0 Å². The highest BCUT2D eigenvalue weighted by Gasteiger charge is 2.37. The lowest BCUT2D eigenvalue weighted by Crippen LogP contribution is -2.43. The summed E-state index contributed by atoms with van der Waals surface area (Å²) in [6.07, 6.45) is 1.73. The van der Waals surface area contributed by atoms with Gasteiger partial charge in [0.25, 0.3) is 5.91 Å². The van der Waals surface area contributed by atoms with Gasteiger partial charge in [-0.2, -0.15) is 0 Å². The van der Waals surface area contributed by atoms with E-state index in [1.54, 1.807) is 11.3 Å². The molecule has 0 radical (unpaired) electrons. The molecule has 1 aliphatic rings. The van der Waals surface area contributed by atoms with Crippen molar-refractivity contribution in [2.75, 3.05) is 13.2 Å². The number of nitrogens with one attached hydrogen (secondary N) is 1. The fraction of sp³-hybridized carbons (Fsp3) is 0.500. The molecule has 1 saturated heterocycles. The van der Waals surface area contributed by atoms with Crippen molar-refractivity contribution < 1.29 is 9.53 Å². The van der Waals surface area contributed by atoms with Crippen LogP contribution in [0.3, 0.4) is 0 Å². The van der Waals surface area contributed by atoms with Gasteiger partial charge in [-0.3, -0.25) is 4.79 Å². The number of hydrogen-bond donors (Lipinski definition) is 2. The third-order valence-corrected chi connectivity index (χ3v) is 4.10. The highest BCUT2D eigenvalue weighted by atomic mass is 32.1. The van der Waals surface area contributed by atoms with Crippen molar-refractivity contribution in [3.05, 3.63) is 21.9 Å². The van der Waals surface area contributed by atoms with Crippen molar-refractivity contribution in [2.24, 2.45) is 5.73 Å². The molecule has 0 saturated carbocycles. The topological polar surface area (TPSA) is 64.4 Å². The quantitative estimate of drug-likeness (QED) is 0.818. The van der Waals surface area contributed by atoms with E-state index in [4.69, 9.17) is 10.5 Å². The molecular weight excluding hydrogens is 260 g/mol. The maximum Gasteiger partial charge on any atom is 0.252 e. The summed E-state index contributed by atoms with van der Waals surface area (Å²) in [5, 5.41) is 2.92. The molecule has 1 aromatic rings. The second-order valence-electron chi connectivity index (χ2n) is 4.64. The van der Waals surface area contributed by atoms with Crippen molar-refractivity contribution in [3.8, 4) is 11.8 Å². The Morgan fingerprint density at radius 3 is 3.16 bits per heavy atom. The number of rotatable bonds is 3. The molecule has 0 bridgehead atoms. The van der Waals surface area contributed by atoms with E-state index in [2.05, 4.69) is 17.2 Å². The lowest BCUT2D eigenvalue weighted by Gasteiger charge is -2.21. The van der Waals surface area contributed by atoms with Gasteiger partial charge in [-0.15, -0.1) is 11.3 Å². The lowest BCUT2D eigenvalue weighted by atomic mass is 10.0. The Bertz CT molecular complexity index is 507. The molecule has 1 unspecified atom stereocenters. The molecule has 0 aromatic carbocycles. The van der Waals surface area contributed by atoms with Crippen LogP contribution >= 0.6 is 11.3 Å². The molecule has 1 aromatic heterocycles. The number of thiophene rings is 1. The summed E-state index contributed by atoms with van der Waals surface area (Å²) in [6, 6.07) is 3.92. The summed E-state index contributed by atoms with van der Waals surface area (Å²) in [4.78, 5) is 14.1. The van der Waals surface area contributed by atoms with Gasteiger partial charge in [0, 0.05) is 11.5 Å². The predicted octanol–water partition coefficient (Wildman–Crippen LogP) is 1.24. The fourth-order valence-corrected chi connectivity index (χ4v) is 2.81. The van der Waals surface area contributed by atoms with Gasteiger partial charge in [0.2, 0.25) is 0 Å². The normalized spacial score (nSPS) is 21.8. The fourth-order valence-electron chi connectivity index (χ4n) is 1.99. The first kappa shape index (κ1) is 14.1. The monoisotopic (exact) mass is 278 g/mol. The zero-order valence-corrected chi connectivity index (χ0v) is 11.8. The molecule has 2 rings (SSSR count). The highest BCUT2D eigenvalue weighted by molar-refractivity contribution is 7.12. The Morgan fingerprint density at radius 1 is 1.63 bits per heavy atom. The largest absolute Gasteiger partial charge is 0.365 e. The van der Waals surface area contributed by atoms with Crippen molar-refractivity contribution in [2.45, 2.75) is 31.9 Å². The summed E-state index contributed by atoms with van der Waals surface area (Å²) in [6.45, 7) is 3.40. The maximum absolute atomic E-state index is 12.0. The minimum absolute atomic E-state index is 0.0343. The van der Waals surface area contributed by atoms with Gasteiger partial charge in [0.15, 0.2) is 0 Å². The Balaban J connectivity index is 1.88. The first-order chi connectivity index (χ1) is 9.14. The molecule has 4 nitrogen and oxygen atoms in total. The standard InChI is InChI=1S/C14H18N2O2S/c1-14(7-3-9-18-14)13(17)16-10-12-6-5-11(19-12)4-2-8-15/h5-6H,3,7-10,15H2,1H3,(H,16,17). The van der Waals surface area contributed by atoms with Gasteiger partial charge in [0.05, 0.1) is 18.0 Å². The van der Waals surface area contributed by atoms with Gasteiger partial charge in [0.1, 0.15) is 5.60 Å². The van der Waals surface area contributed by atoms with Crippen LogP contribution in [0.5, 0.6) is 0 Å². The minimum Gasteiger partial charge on any atom is -0.365 e. The molecule has 1 amide bonds. The Labute approximate surface area is 117 Å². The Hall–Kier alpha value is -1.35. The van der Waals surface area contributed by atoms with E-state index in [0.29, 0.717) is 19.7 Å². The number of carbonyl (C=O) groups excluding carboxylic acids is 1. The van der Waals surface area contributed by atoms with E-state index >= 15 is 0 Å². The van der Waals surface area contributed by atoms with Crippen molar-refractivity contribution in [1.29, 1.82) is 0 Å². The van der Waals surface area contributed by atoms with Crippen LogP contribution in [-0.4, -0.2) is 24.7 Å². The molecule has 2 heterocycles. The molecule has 3 N–H and O–H groups in total. The molecule has 19 heavy (non-hydrogen) atoms. The van der Waals surface area contributed by atoms with E-state index in [-0.39, 0.29) is 5.91 Å². The molecule has 102 valence electrons. The van der Waals surface area contributed by atoms with E-state index < -0.39 is 5.60 Å². The van der Waals surface area contributed by atoms with Gasteiger partial charge < -0.3 is 15.8 Å². The summed E-state index contributed by atoms with van der Waals surface area (Å²) in [7, 11) is 0. The number of hydrogen-bond acceptors (Lipinski definition) is 4. The molecule has 5 heteroatoms. The lowest BCUT2D eigenvalue weighted by molar-refractivity contribution is -0.139. The molecule has 0 aliphatic carbocycles. The van der Waals surface area contributed by atoms with Crippen LogP contribution in [0.15, 0.2) is 12.1 Å². The van der Waals surface area contributed by atoms with Gasteiger partial charge in [-0.1, -0.05) is 11.8 Å². The van der Waals surface area contributed by atoms with Gasteiger partial charge in [-0.25, -0.2) is 0 Å². The van der Waals surface area contributed by atoms with Crippen LogP contribution in [0.2, 0.25) is 0 Å². The van der Waals surface area contributed by atoms with Crippen molar-refractivity contribution in [1.82, 2.24) is 5.32 Å². The number of ether oxygens (including phenoxy) is 1. The number of carbonyl (C=O) groups is 1. The van der Waals surface area contributed by atoms with E-state index in [1.165, 1.54) is 0 Å². The van der Waals surface area contributed by atoms with Gasteiger partial charge >= 0.3 is 0 Å². The maximum atomic E-state index is 12.0. The van der Waals surface area contributed by atoms with Crippen LogP contribution in [0.25, 0.3) is 0 Å². The van der Waals surface area contributed by atoms with Crippen LogP contribution in [0.4, 0.5) is 0 Å². The average molecular weight is 278 g/mol. The summed E-state index contributed by atoms with van der Waals surface area (Å²) in [5.74, 6) is 5.76. The second kappa shape index (κ2) is 6.20. The highest BCUT2D eigenvalue weighted by Crippen LogP contribution is 2.25. The second-order valence-corrected chi connectivity index (χ2v) is 5.81. The Morgan fingerprint density at radius 2 is 2.47 bits per heavy atom. The number of nitrogens with two attached hydrogens (primary N) is 1. The van der Waals surface area contributed by atoms with Crippen LogP contribution in [-0.2, 0) is 16.1 Å². The van der Waals surface area contributed by atoms with Crippen LogP contribution in [0.1, 0.15) is 29.5 Å². The first-order valence-electron chi connectivity index (χ1n) is 6.34. The molecule has 1 atom stereocenters. The molecule has 1 aliphatic heterocycles. The van der Waals surface area contributed by atoms with E-state index in [9.17, 15) is 4.79 Å². The SMILES string of the molecule is CC1(C(=O)NCc2ccc(C#CCN)s2)CCCO1. The minimum atomic E-state index is -0.653. The Kier molecular flexibility index (Phi) is 4.59. The number of amides is 1. The molecule has 1 fully saturated rings. The summed E-state index contributed by atoms with van der Waals surface area (Å²) in [5.41, 5.74) is 4.67. The molecule has 0 spiro atoms. The third kappa shape index (κ3) is 3.57. The zero-order valence-electron chi connectivity index (χ0n) is 11.0. The van der Waals surface area contributed by atoms with Crippen molar-refractivity contribution >= 4 is 17.2 Å². The van der Waals surface area contributed by atoms with Gasteiger partial charge in [-0.05, 0) is 31.9 Å². The predicted molar refractivity (Wildman–Crippen MR) is 75.7 cm³/mol. The third-order valence-electron chi connectivity index (χ3n) is 3.10. The van der Waals surface area contributed by atoms with E-state index in [1.807, 2.05) is 19.1 Å². The first-order valence-corrected chi connectivity index (χ1v) is 7.15.